The van der Waals surface area contributed by atoms with Crippen molar-refractivity contribution in [3.63, 3.8) is 0 Å². The summed E-state index contributed by atoms with van der Waals surface area (Å²) in [6.45, 7) is 2.04. The SMILES string of the molecule is CC(CO)n1cc(-c2ccc(Cc3ccccc3)cc2)cn1. The van der Waals surface area contributed by atoms with Crippen molar-refractivity contribution in [2.75, 3.05) is 6.61 Å². The zero-order chi connectivity index (χ0) is 15.4. The van der Waals surface area contributed by atoms with Crippen LogP contribution in [0.2, 0.25) is 0 Å². The topological polar surface area (TPSA) is 38.0 Å². The largest absolute Gasteiger partial charge is 0.394 e. The summed E-state index contributed by atoms with van der Waals surface area (Å²) in [7, 11) is 0. The summed E-state index contributed by atoms with van der Waals surface area (Å²) in [5, 5.41) is 13.5. The smallest absolute Gasteiger partial charge is 0.0722 e. The number of benzene rings is 2. The van der Waals surface area contributed by atoms with E-state index in [4.69, 9.17) is 0 Å². The number of nitrogens with zero attached hydrogens (tertiary/aromatic N) is 2. The number of aromatic nitrogens is 2. The van der Waals surface area contributed by atoms with Crippen LogP contribution in [-0.4, -0.2) is 21.5 Å². The Morgan fingerprint density at radius 1 is 0.955 bits per heavy atom. The molecular weight excluding hydrogens is 272 g/mol. The van der Waals surface area contributed by atoms with Gasteiger partial charge in [0.2, 0.25) is 0 Å². The van der Waals surface area contributed by atoms with E-state index in [1.807, 2.05) is 25.4 Å². The Morgan fingerprint density at radius 3 is 2.32 bits per heavy atom. The zero-order valence-electron chi connectivity index (χ0n) is 12.7. The van der Waals surface area contributed by atoms with E-state index in [-0.39, 0.29) is 12.6 Å². The minimum atomic E-state index is 0.00565. The molecule has 0 amide bonds. The number of aliphatic hydroxyl groups is 1. The molecule has 0 aliphatic rings. The molecule has 0 saturated carbocycles. The van der Waals surface area contributed by atoms with Crippen molar-refractivity contribution in [1.29, 1.82) is 0 Å². The third-order valence-electron chi connectivity index (χ3n) is 3.86. The van der Waals surface area contributed by atoms with Gasteiger partial charge in [-0.15, -0.1) is 0 Å². The molecule has 3 heteroatoms. The second-order valence-electron chi connectivity index (χ2n) is 5.60. The van der Waals surface area contributed by atoms with Crippen molar-refractivity contribution in [1.82, 2.24) is 9.78 Å². The molecular formula is C19H20N2O. The molecule has 0 radical (unpaired) electrons. The van der Waals surface area contributed by atoms with Crippen LogP contribution >= 0.6 is 0 Å². The first-order chi connectivity index (χ1) is 10.8. The van der Waals surface area contributed by atoms with Gasteiger partial charge in [0.25, 0.3) is 0 Å². The lowest BCUT2D eigenvalue weighted by molar-refractivity contribution is 0.230. The quantitative estimate of drug-likeness (QED) is 0.778. The molecule has 1 aromatic heterocycles. The highest BCUT2D eigenvalue weighted by Gasteiger charge is 2.06. The van der Waals surface area contributed by atoms with Crippen LogP contribution in [0.25, 0.3) is 11.1 Å². The standard InChI is InChI=1S/C19H20N2O/c1-15(14-22)21-13-19(12-20-21)18-9-7-17(8-10-18)11-16-5-3-2-4-6-16/h2-10,12-13,15,22H,11,14H2,1H3. The number of rotatable bonds is 5. The predicted molar refractivity (Wildman–Crippen MR) is 88.7 cm³/mol. The molecule has 2 aromatic carbocycles. The molecule has 0 spiro atoms. The van der Waals surface area contributed by atoms with E-state index in [0.29, 0.717) is 0 Å². The Bertz CT molecular complexity index is 717. The van der Waals surface area contributed by atoms with Crippen LogP contribution in [0.15, 0.2) is 67.0 Å². The maximum Gasteiger partial charge on any atom is 0.0722 e. The highest BCUT2D eigenvalue weighted by molar-refractivity contribution is 5.62. The van der Waals surface area contributed by atoms with E-state index >= 15 is 0 Å². The summed E-state index contributed by atoms with van der Waals surface area (Å²) >= 11 is 0. The zero-order valence-corrected chi connectivity index (χ0v) is 12.7. The van der Waals surface area contributed by atoms with E-state index in [1.54, 1.807) is 4.68 Å². The van der Waals surface area contributed by atoms with Gasteiger partial charge >= 0.3 is 0 Å². The van der Waals surface area contributed by atoms with E-state index in [0.717, 1.165) is 17.5 Å². The Morgan fingerprint density at radius 2 is 1.64 bits per heavy atom. The number of hydrogen-bond acceptors (Lipinski definition) is 2. The molecule has 1 N–H and O–H groups in total. The van der Waals surface area contributed by atoms with Gasteiger partial charge in [0.05, 0.1) is 18.8 Å². The summed E-state index contributed by atoms with van der Waals surface area (Å²) in [6.07, 6.45) is 4.77. The van der Waals surface area contributed by atoms with E-state index < -0.39 is 0 Å². The van der Waals surface area contributed by atoms with Crippen LogP contribution in [0.4, 0.5) is 0 Å². The first kappa shape index (κ1) is 14.5. The fraction of sp³-hybridized carbons (Fsp3) is 0.211. The Hall–Kier alpha value is -2.39. The molecule has 3 nitrogen and oxygen atoms in total. The van der Waals surface area contributed by atoms with Gasteiger partial charge in [-0.25, -0.2) is 0 Å². The summed E-state index contributed by atoms with van der Waals surface area (Å²) in [5.74, 6) is 0. The van der Waals surface area contributed by atoms with Gasteiger partial charge in [-0.1, -0.05) is 54.6 Å². The van der Waals surface area contributed by atoms with Crippen LogP contribution in [0.3, 0.4) is 0 Å². The lowest BCUT2D eigenvalue weighted by atomic mass is 10.0. The number of aliphatic hydroxyl groups excluding tert-OH is 1. The lowest BCUT2D eigenvalue weighted by Crippen LogP contribution is -2.09. The fourth-order valence-corrected chi connectivity index (χ4v) is 2.46. The third-order valence-corrected chi connectivity index (χ3v) is 3.86. The molecule has 0 aliphatic carbocycles. The molecule has 1 unspecified atom stereocenters. The first-order valence-corrected chi connectivity index (χ1v) is 7.54. The minimum Gasteiger partial charge on any atom is -0.394 e. The van der Waals surface area contributed by atoms with Crippen molar-refractivity contribution in [2.45, 2.75) is 19.4 Å². The normalized spacial score (nSPS) is 12.3. The molecule has 0 saturated heterocycles. The van der Waals surface area contributed by atoms with Crippen LogP contribution in [0.5, 0.6) is 0 Å². The van der Waals surface area contributed by atoms with Crippen LogP contribution in [-0.2, 0) is 6.42 Å². The van der Waals surface area contributed by atoms with Crippen LogP contribution in [0, 0.1) is 0 Å². The molecule has 0 fully saturated rings. The number of hydrogen-bond donors (Lipinski definition) is 1. The first-order valence-electron chi connectivity index (χ1n) is 7.54. The van der Waals surface area contributed by atoms with Crippen molar-refractivity contribution in [2.24, 2.45) is 0 Å². The van der Waals surface area contributed by atoms with E-state index in [1.165, 1.54) is 11.1 Å². The van der Waals surface area contributed by atoms with Crippen molar-refractivity contribution in [3.8, 4) is 11.1 Å². The van der Waals surface area contributed by atoms with Gasteiger partial charge in [-0.2, -0.15) is 5.10 Å². The molecule has 112 valence electrons. The molecule has 1 heterocycles. The molecule has 22 heavy (non-hydrogen) atoms. The van der Waals surface area contributed by atoms with Gasteiger partial charge in [0, 0.05) is 11.8 Å². The van der Waals surface area contributed by atoms with Gasteiger partial charge in [-0.3, -0.25) is 4.68 Å². The van der Waals surface area contributed by atoms with Gasteiger partial charge < -0.3 is 5.11 Å². The second-order valence-corrected chi connectivity index (χ2v) is 5.60. The second kappa shape index (κ2) is 6.58. The molecule has 1 atom stereocenters. The molecule has 3 rings (SSSR count). The summed E-state index contributed by atoms with van der Waals surface area (Å²) < 4.78 is 1.80. The van der Waals surface area contributed by atoms with Crippen molar-refractivity contribution >= 4 is 0 Å². The average Bonchev–Trinajstić information content (AvgIpc) is 3.06. The van der Waals surface area contributed by atoms with Crippen LogP contribution in [0.1, 0.15) is 24.1 Å². The fourth-order valence-electron chi connectivity index (χ4n) is 2.46. The van der Waals surface area contributed by atoms with Gasteiger partial charge in [0.1, 0.15) is 0 Å². The minimum absolute atomic E-state index is 0.00565. The van der Waals surface area contributed by atoms with Crippen LogP contribution < -0.4 is 0 Å². The molecule has 0 bridgehead atoms. The van der Waals surface area contributed by atoms with E-state index in [9.17, 15) is 5.11 Å². The van der Waals surface area contributed by atoms with Gasteiger partial charge in [0.15, 0.2) is 0 Å². The Balaban J connectivity index is 1.75. The summed E-state index contributed by atoms with van der Waals surface area (Å²) in [6, 6.07) is 19.1. The van der Waals surface area contributed by atoms with E-state index in [2.05, 4.69) is 53.6 Å². The molecule has 0 aliphatic heterocycles. The maximum atomic E-state index is 9.18. The lowest BCUT2D eigenvalue weighted by Gasteiger charge is -2.07. The predicted octanol–water partition coefficient (Wildman–Crippen LogP) is 3.69. The third kappa shape index (κ3) is 3.26. The Labute approximate surface area is 130 Å². The molecule has 3 aromatic rings. The average molecular weight is 292 g/mol. The summed E-state index contributed by atoms with van der Waals surface area (Å²) in [5.41, 5.74) is 4.84. The van der Waals surface area contributed by atoms with Gasteiger partial charge in [-0.05, 0) is 30.0 Å². The summed E-state index contributed by atoms with van der Waals surface area (Å²) in [4.78, 5) is 0. The monoisotopic (exact) mass is 292 g/mol. The van der Waals surface area contributed by atoms with Crippen molar-refractivity contribution in [3.05, 3.63) is 78.1 Å². The maximum absolute atomic E-state index is 9.18. The highest BCUT2D eigenvalue weighted by Crippen LogP contribution is 2.21. The van der Waals surface area contributed by atoms with Crippen molar-refractivity contribution < 1.29 is 5.11 Å². The highest BCUT2D eigenvalue weighted by atomic mass is 16.3. The Kier molecular flexibility index (Phi) is 4.35.